The van der Waals surface area contributed by atoms with Gasteiger partial charge in [-0.2, -0.15) is 0 Å². The number of benzene rings is 2. The van der Waals surface area contributed by atoms with Crippen LogP contribution in [0.2, 0.25) is 0 Å². The van der Waals surface area contributed by atoms with Crippen molar-refractivity contribution in [2.75, 3.05) is 26.2 Å². The van der Waals surface area contributed by atoms with E-state index in [4.69, 9.17) is 9.26 Å². The number of hydrogen-bond acceptors (Lipinski definition) is 5. The number of aromatic nitrogens is 1. The van der Waals surface area contributed by atoms with Crippen molar-refractivity contribution >= 4 is 17.2 Å². The molecule has 0 amide bonds. The van der Waals surface area contributed by atoms with Crippen molar-refractivity contribution in [1.29, 1.82) is 0 Å². The molecule has 3 aromatic rings. The zero-order valence-corrected chi connectivity index (χ0v) is 17.3. The SMILES string of the molecule is Cc1cc(CC=O)ccc1OCCCN1CCC(c2onc3cc(F)ccc23)CC1. The van der Waals surface area contributed by atoms with E-state index in [1.807, 2.05) is 25.1 Å². The summed E-state index contributed by atoms with van der Waals surface area (Å²) in [6, 6.07) is 10.6. The first kappa shape index (κ1) is 20.5. The smallest absolute Gasteiger partial charge is 0.147 e. The van der Waals surface area contributed by atoms with E-state index < -0.39 is 0 Å². The van der Waals surface area contributed by atoms with E-state index in [-0.39, 0.29) is 5.82 Å². The molecule has 1 aliphatic heterocycles. The normalized spacial score (nSPS) is 15.5. The van der Waals surface area contributed by atoms with Crippen LogP contribution in [0.4, 0.5) is 4.39 Å². The first-order valence-corrected chi connectivity index (χ1v) is 10.6. The second kappa shape index (κ2) is 9.39. The number of carbonyl (C=O) groups is 1. The van der Waals surface area contributed by atoms with Gasteiger partial charge in [-0.15, -0.1) is 0 Å². The predicted molar refractivity (Wildman–Crippen MR) is 113 cm³/mol. The highest BCUT2D eigenvalue weighted by Gasteiger charge is 2.25. The summed E-state index contributed by atoms with van der Waals surface area (Å²) in [7, 11) is 0. The maximum absolute atomic E-state index is 13.4. The molecule has 6 heteroatoms. The van der Waals surface area contributed by atoms with Gasteiger partial charge in [0.1, 0.15) is 29.1 Å². The lowest BCUT2D eigenvalue weighted by Crippen LogP contribution is -2.34. The zero-order valence-electron chi connectivity index (χ0n) is 17.3. The van der Waals surface area contributed by atoms with E-state index in [0.29, 0.717) is 24.5 Å². The Morgan fingerprint density at radius 3 is 2.83 bits per heavy atom. The highest BCUT2D eigenvalue weighted by atomic mass is 19.1. The number of halogens is 1. The number of likely N-dealkylation sites (tertiary alicyclic amines) is 1. The molecule has 0 aliphatic carbocycles. The lowest BCUT2D eigenvalue weighted by Gasteiger charge is -2.30. The van der Waals surface area contributed by atoms with Crippen molar-refractivity contribution in [3.8, 4) is 5.75 Å². The monoisotopic (exact) mass is 410 g/mol. The summed E-state index contributed by atoms with van der Waals surface area (Å²) in [5.41, 5.74) is 2.68. The van der Waals surface area contributed by atoms with Gasteiger partial charge in [-0.3, -0.25) is 0 Å². The Morgan fingerprint density at radius 1 is 1.23 bits per heavy atom. The molecule has 2 aromatic carbocycles. The molecular weight excluding hydrogens is 383 g/mol. The van der Waals surface area contributed by atoms with Crippen LogP contribution in [-0.2, 0) is 11.2 Å². The van der Waals surface area contributed by atoms with Crippen LogP contribution in [0, 0.1) is 12.7 Å². The van der Waals surface area contributed by atoms with Crippen LogP contribution in [0.5, 0.6) is 5.75 Å². The standard InChI is InChI=1S/C24H27FN2O3/c1-17-15-18(9-13-28)3-6-23(17)29-14-2-10-27-11-7-19(8-12-27)24-21-5-4-20(25)16-22(21)26-30-24/h3-6,13,15-16,19H,2,7-12,14H2,1H3. The molecule has 0 N–H and O–H groups in total. The first-order chi connectivity index (χ1) is 14.6. The van der Waals surface area contributed by atoms with Crippen LogP contribution in [0.25, 0.3) is 10.9 Å². The molecule has 0 bridgehead atoms. The summed E-state index contributed by atoms with van der Waals surface area (Å²) in [5, 5.41) is 4.95. The van der Waals surface area contributed by atoms with Gasteiger partial charge in [0.15, 0.2) is 0 Å². The van der Waals surface area contributed by atoms with Crippen LogP contribution in [-0.4, -0.2) is 42.6 Å². The fourth-order valence-corrected chi connectivity index (χ4v) is 4.22. The van der Waals surface area contributed by atoms with Crippen molar-refractivity contribution in [3.05, 3.63) is 59.1 Å². The lowest BCUT2D eigenvalue weighted by atomic mass is 9.92. The largest absolute Gasteiger partial charge is 0.493 e. The third-order valence-electron chi connectivity index (χ3n) is 5.86. The summed E-state index contributed by atoms with van der Waals surface area (Å²) < 4.78 is 24.8. The second-order valence-corrected chi connectivity index (χ2v) is 8.00. The molecule has 5 nitrogen and oxygen atoms in total. The second-order valence-electron chi connectivity index (χ2n) is 8.00. The molecule has 0 radical (unpaired) electrons. The van der Waals surface area contributed by atoms with Gasteiger partial charge >= 0.3 is 0 Å². The fourth-order valence-electron chi connectivity index (χ4n) is 4.22. The molecule has 4 rings (SSSR count). The topological polar surface area (TPSA) is 55.6 Å². The third-order valence-corrected chi connectivity index (χ3v) is 5.86. The Balaban J connectivity index is 1.22. The molecule has 1 fully saturated rings. The number of fused-ring (bicyclic) bond motifs is 1. The van der Waals surface area contributed by atoms with E-state index in [1.54, 1.807) is 6.07 Å². The van der Waals surface area contributed by atoms with Gasteiger partial charge in [-0.25, -0.2) is 4.39 Å². The number of hydrogen-bond donors (Lipinski definition) is 0. The van der Waals surface area contributed by atoms with Crippen LogP contribution in [0.1, 0.15) is 42.1 Å². The first-order valence-electron chi connectivity index (χ1n) is 10.6. The van der Waals surface area contributed by atoms with Crippen LogP contribution in [0.15, 0.2) is 40.9 Å². The Labute approximate surface area is 175 Å². The van der Waals surface area contributed by atoms with E-state index >= 15 is 0 Å². The highest BCUT2D eigenvalue weighted by Crippen LogP contribution is 2.33. The molecule has 2 heterocycles. The summed E-state index contributed by atoms with van der Waals surface area (Å²) in [5.74, 6) is 1.82. The van der Waals surface area contributed by atoms with Gasteiger partial charge < -0.3 is 19.0 Å². The van der Waals surface area contributed by atoms with Gasteiger partial charge in [-0.1, -0.05) is 17.3 Å². The Morgan fingerprint density at radius 2 is 2.07 bits per heavy atom. The maximum Gasteiger partial charge on any atom is 0.147 e. The van der Waals surface area contributed by atoms with Crippen LogP contribution in [0.3, 0.4) is 0 Å². The van der Waals surface area contributed by atoms with Crippen molar-refractivity contribution in [2.45, 2.75) is 38.5 Å². The molecule has 1 saturated heterocycles. The molecule has 0 atom stereocenters. The maximum atomic E-state index is 13.4. The minimum Gasteiger partial charge on any atom is -0.493 e. The molecule has 158 valence electrons. The van der Waals surface area contributed by atoms with Gasteiger partial charge in [0.2, 0.25) is 0 Å². The molecule has 1 aliphatic rings. The van der Waals surface area contributed by atoms with Crippen LogP contribution < -0.4 is 4.74 Å². The fraction of sp³-hybridized carbons (Fsp3) is 0.417. The lowest BCUT2D eigenvalue weighted by molar-refractivity contribution is -0.107. The number of rotatable bonds is 8. The minimum absolute atomic E-state index is 0.286. The molecule has 30 heavy (non-hydrogen) atoms. The average molecular weight is 410 g/mol. The summed E-state index contributed by atoms with van der Waals surface area (Å²) in [6.07, 6.45) is 4.35. The van der Waals surface area contributed by atoms with Gasteiger partial charge in [0.05, 0.1) is 6.61 Å². The van der Waals surface area contributed by atoms with Crippen molar-refractivity contribution in [3.63, 3.8) is 0 Å². The van der Waals surface area contributed by atoms with E-state index in [0.717, 1.165) is 73.2 Å². The predicted octanol–water partition coefficient (Wildman–Crippen LogP) is 4.67. The van der Waals surface area contributed by atoms with E-state index in [9.17, 15) is 9.18 Å². The summed E-state index contributed by atoms with van der Waals surface area (Å²) in [6.45, 7) is 5.69. The van der Waals surface area contributed by atoms with Crippen molar-refractivity contribution in [2.24, 2.45) is 0 Å². The number of piperidine rings is 1. The van der Waals surface area contributed by atoms with Gasteiger partial charge in [0, 0.05) is 30.3 Å². The Hall–Kier alpha value is -2.73. The van der Waals surface area contributed by atoms with Gasteiger partial charge in [0.25, 0.3) is 0 Å². The molecule has 0 saturated carbocycles. The highest BCUT2D eigenvalue weighted by molar-refractivity contribution is 5.80. The number of aldehydes is 1. The third kappa shape index (κ3) is 4.70. The zero-order chi connectivity index (χ0) is 20.9. The Bertz CT molecular complexity index is 1010. The quantitative estimate of drug-likeness (QED) is 0.399. The molecule has 1 aromatic heterocycles. The van der Waals surface area contributed by atoms with E-state index in [1.165, 1.54) is 12.1 Å². The van der Waals surface area contributed by atoms with E-state index in [2.05, 4.69) is 10.1 Å². The average Bonchev–Trinajstić information content (AvgIpc) is 3.16. The number of aryl methyl sites for hydroxylation is 1. The molecule has 0 spiro atoms. The van der Waals surface area contributed by atoms with Crippen molar-refractivity contribution < 1.29 is 18.4 Å². The summed E-state index contributed by atoms with van der Waals surface area (Å²) >= 11 is 0. The van der Waals surface area contributed by atoms with Gasteiger partial charge in [-0.05, 0) is 68.6 Å². The number of carbonyl (C=O) groups excluding carboxylic acids is 1. The van der Waals surface area contributed by atoms with Crippen molar-refractivity contribution in [1.82, 2.24) is 10.1 Å². The van der Waals surface area contributed by atoms with Crippen LogP contribution >= 0.6 is 0 Å². The number of nitrogens with zero attached hydrogens (tertiary/aromatic N) is 2. The molecular formula is C24H27FN2O3. The minimum atomic E-state index is -0.286. The molecule has 0 unspecified atom stereocenters. The summed E-state index contributed by atoms with van der Waals surface area (Å²) in [4.78, 5) is 13.1. The number of ether oxygens (including phenoxy) is 1. The Kier molecular flexibility index (Phi) is 6.43.